The maximum absolute atomic E-state index is 11.2. The van der Waals surface area contributed by atoms with Crippen molar-refractivity contribution in [2.75, 3.05) is 13.7 Å². The van der Waals surface area contributed by atoms with Crippen LogP contribution >= 0.6 is 0 Å². The van der Waals surface area contributed by atoms with E-state index in [-0.39, 0.29) is 0 Å². The van der Waals surface area contributed by atoms with E-state index in [9.17, 15) is 9.90 Å². The van der Waals surface area contributed by atoms with Gasteiger partial charge in [0.1, 0.15) is 0 Å². The van der Waals surface area contributed by atoms with Crippen LogP contribution in [0.3, 0.4) is 0 Å². The van der Waals surface area contributed by atoms with E-state index in [1.165, 1.54) is 4.57 Å². The molecule has 0 amide bonds. The third kappa shape index (κ3) is 1.79. The number of para-hydroxylation sites is 1. The lowest BCUT2D eigenvalue weighted by Gasteiger charge is -2.04. The maximum atomic E-state index is 11.2. The molecule has 1 N–H and O–H groups in total. The Balaban J connectivity index is 2.54. The number of methoxy groups -OCH3 is 1. The zero-order valence-corrected chi connectivity index (χ0v) is 9.01. The highest BCUT2D eigenvalue weighted by molar-refractivity contribution is 5.90. The van der Waals surface area contributed by atoms with Crippen LogP contribution < -0.4 is 0 Å². The van der Waals surface area contributed by atoms with E-state index >= 15 is 0 Å². The summed E-state index contributed by atoms with van der Waals surface area (Å²) in [4.78, 5) is 11.2. The van der Waals surface area contributed by atoms with Gasteiger partial charge in [0.2, 0.25) is 0 Å². The number of carboxylic acid groups (broad SMARTS) is 1. The predicted octanol–water partition coefficient (Wildman–Crippen LogP) is 2.36. The second-order valence-electron chi connectivity index (χ2n) is 3.56. The smallest absolute Gasteiger partial charge is 0.416 e. The first-order valence-corrected chi connectivity index (χ1v) is 5.05. The second-order valence-corrected chi connectivity index (χ2v) is 3.56. The van der Waals surface area contributed by atoms with Gasteiger partial charge in [-0.3, -0.25) is 0 Å². The van der Waals surface area contributed by atoms with Crippen molar-refractivity contribution in [2.24, 2.45) is 0 Å². The molecule has 2 rings (SSSR count). The Morgan fingerprint density at radius 2 is 2.19 bits per heavy atom. The summed E-state index contributed by atoms with van der Waals surface area (Å²) in [7, 11) is 1.60. The Hall–Kier alpha value is -1.81. The Morgan fingerprint density at radius 1 is 1.44 bits per heavy atom. The number of fused-ring (bicyclic) bond motifs is 1. The third-order valence-electron chi connectivity index (χ3n) is 2.54. The van der Waals surface area contributed by atoms with Crippen molar-refractivity contribution in [3.05, 3.63) is 36.0 Å². The van der Waals surface area contributed by atoms with Gasteiger partial charge in [-0.1, -0.05) is 18.2 Å². The van der Waals surface area contributed by atoms with Gasteiger partial charge >= 0.3 is 6.09 Å². The minimum absolute atomic E-state index is 0.517. The molecule has 0 aliphatic carbocycles. The quantitative estimate of drug-likeness (QED) is 0.862. The van der Waals surface area contributed by atoms with E-state index < -0.39 is 6.09 Å². The number of benzene rings is 1. The highest BCUT2D eigenvalue weighted by Crippen LogP contribution is 2.19. The molecule has 0 spiro atoms. The number of hydrogen-bond donors (Lipinski definition) is 1. The minimum Gasteiger partial charge on any atom is -0.464 e. The second kappa shape index (κ2) is 4.37. The van der Waals surface area contributed by atoms with Gasteiger partial charge in [0.05, 0.1) is 12.1 Å². The standard InChI is InChI=1S/C12H13NO3/c1-16-7-6-10-8-9-4-2-3-5-11(9)13(10)12(14)15/h2-5,8H,6-7H2,1H3,(H,14,15). The molecule has 0 aliphatic heterocycles. The zero-order valence-electron chi connectivity index (χ0n) is 9.01. The third-order valence-corrected chi connectivity index (χ3v) is 2.54. The zero-order chi connectivity index (χ0) is 11.5. The molecule has 1 heterocycles. The highest BCUT2D eigenvalue weighted by Gasteiger charge is 2.12. The number of nitrogens with zero attached hydrogens (tertiary/aromatic N) is 1. The van der Waals surface area contributed by atoms with E-state index in [4.69, 9.17) is 4.74 Å². The summed E-state index contributed by atoms with van der Waals surface area (Å²) in [6, 6.07) is 9.34. The van der Waals surface area contributed by atoms with Crippen LogP contribution in [0.2, 0.25) is 0 Å². The van der Waals surface area contributed by atoms with Crippen LogP contribution in [0.4, 0.5) is 4.79 Å². The lowest BCUT2D eigenvalue weighted by Crippen LogP contribution is -2.12. The summed E-state index contributed by atoms with van der Waals surface area (Å²) >= 11 is 0. The largest absolute Gasteiger partial charge is 0.464 e. The summed E-state index contributed by atoms with van der Waals surface area (Å²) in [5.74, 6) is 0. The molecular weight excluding hydrogens is 206 g/mol. The van der Waals surface area contributed by atoms with E-state index in [0.29, 0.717) is 13.0 Å². The van der Waals surface area contributed by atoms with Crippen molar-refractivity contribution in [1.29, 1.82) is 0 Å². The van der Waals surface area contributed by atoms with Gasteiger partial charge in [0.25, 0.3) is 0 Å². The molecular formula is C12H13NO3. The Morgan fingerprint density at radius 3 is 2.88 bits per heavy atom. The van der Waals surface area contributed by atoms with Crippen LogP contribution in [0.1, 0.15) is 5.69 Å². The SMILES string of the molecule is COCCc1cc2ccccc2n1C(=O)O. The molecule has 4 heteroatoms. The Kier molecular flexibility index (Phi) is 2.92. The normalized spacial score (nSPS) is 10.8. The van der Waals surface area contributed by atoms with Gasteiger partial charge < -0.3 is 9.84 Å². The van der Waals surface area contributed by atoms with Crippen LogP contribution in [0.15, 0.2) is 30.3 Å². The van der Waals surface area contributed by atoms with Gasteiger partial charge in [-0.15, -0.1) is 0 Å². The topological polar surface area (TPSA) is 51.5 Å². The van der Waals surface area contributed by atoms with E-state index in [1.54, 1.807) is 13.2 Å². The first-order valence-electron chi connectivity index (χ1n) is 5.05. The fourth-order valence-electron chi connectivity index (χ4n) is 1.83. The Bertz CT molecular complexity index is 516. The molecule has 0 unspecified atom stereocenters. The molecule has 84 valence electrons. The van der Waals surface area contributed by atoms with Gasteiger partial charge in [0, 0.05) is 24.6 Å². The number of rotatable bonds is 3. The molecule has 2 aromatic rings. The van der Waals surface area contributed by atoms with Crippen LogP contribution in [0.25, 0.3) is 10.9 Å². The monoisotopic (exact) mass is 219 g/mol. The fraction of sp³-hybridized carbons (Fsp3) is 0.250. The average Bonchev–Trinajstić information content (AvgIpc) is 2.64. The molecule has 0 saturated heterocycles. The molecule has 0 radical (unpaired) electrons. The van der Waals surface area contributed by atoms with Crippen molar-refractivity contribution in [3.63, 3.8) is 0 Å². The molecule has 16 heavy (non-hydrogen) atoms. The van der Waals surface area contributed by atoms with Gasteiger partial charge in [-0.05, 0) is 12.1 Å². The number of ether oxygens (including phenoxy) is 1. The van der Waals surface area contributed by atoms with Gasteiger partial charge in [-0.25, -0.2) is 9.36 Å². The van der Waals surface area contributed by atoms with E-state index in [0.717, 1.165) is 16.6 Å². The van der Waals surface area contributed by atoms with E-state index in [2.05, 4.69) is 0 Å². The van der Waals surface area contributed by atoms with E-state index in [1.807, 2.05) is 24.3 Å². The predicted molar refractivity (Wildman–Crippen MR) is 60.9 cm³/mol. The average molecular weight is 219 g/mol. The molecule has 0 aliphatic rings. The molecule has 0 fully saturated rings. The van der Waals surface area contributed by atoms with Crippen LogP contribution in [0, 0.1) is 0 Å². The molecule has 4 nitrogen and oxygen atoms in total. The highest BCUT2D eigenvalue weighted by atomic mass is 16.5. The molecule has 0 bridgehead atoms. The van der Waals surface area contributed by atoms with Crippen molar-refractivity contribution < 1.29 is 14.6 Å². The van der Waals surface area contributed by atoms with Gasteiger partial charge in [-0.2, -0.15) is 0 Å². The van der Waals surface area contributed by atoms with Crippen molar-refractivity contribution >= 4 is 17.0 Å². The lowest BCUT2D eigenvalue weighted by molar-refractivity contribution is 0.191. The minimum atomic E-state index is -0.952. The number of carbonyl (C=O) groups is 1. The summed E-state index contributed by atoms with van der Waals surface area (Å²) in [5, 5.41) is 10.1. The van der Waals surface area contributed by atoms with Crippen LogP contribution in [-0.4, -0.2) is 29.5 Å². The first kappa shape index (κ1) is 10.7. The van der Waals surface area contributed by atoms with Crippen LogP contribution in [-0.2, 0) is 11.2 Å². The van der Waals surface area contributed by atoms with Crippen molar-refractivity contribution in [2.45, 2.75) is 6.42 Å². The van der Waals surface area contributed by atoms with Crippen LogP contribution in [0.5, 0.6) is 0 Å². The lowest BCUT2D eigenvalue weighted by atomic mass is 10.2. The molecule has 0 atom stereocenters. The molecule has 0 saturated carbocycles. The number of hydrogen-bond acceptors (Lipinski definition) is 2. The first-order chi connectivity index (χ1) is 7.74. The summed E-state index contributed by atoms with van der Waals surface area (Å²) in [5.41, 5.74) is 1.48. The van der Waals surface area contributed by atoms with Crippen molar-refractivity contribution in [3.8, 4) is 0 Å². The number of aromatic nitrogens is 1. The summed E-state index contributed by atoms with van der Waals surface area (Å²) in [6.45, 7) is 0.517. The van der Waals surface area contributed by atoms with Crippen molar-refractivity contribution in [1.82, 2.24) is 4.57 Å². The summed E-state index contributed by atoms with van der Waals surface area (Å²) in [6.07, 6.45) is -0.357. The fourth-order valence-corrected chi connectivity index (χ4v) is 1.83. The maximum Gasteiger partial charge on any atom is 0.416 e. The Labute approximate surface area is 93.1 Å². The molecule has 1 aromatic heterocycles. The van der Waals surface area contributed by atoms with Gasteiger partial charge in [0.15, 0.2) is 0 Å². The summed E-state index contributed by atoms with van der Waals surface area (Å²) < 4.78 is 6.28. The molecule has 1 aromatic carbocycles.